The summed E-state index contributed by atoms with van der Waals surface area (Å²) in [5.74, 6) is 1.91. The topological polar surface area (TPSA) is 90.9 Å². The lowest BCUT2D eigenvalue weighted by Crippen LogP contribution is -2.30. The number of ether oxygens (including phenoxy) is 3. The second kappa shape index (κ2) is 9.78. The zero-order valence-electron chi connectivity index (χ0n) is 19.6. The minimum absolute atomic E-state index is 0.0337. The van der Waals surface area contributed by atoms with Crippen molar-refractivity contribution in [1.29, 1.82) is 0 Å². The maximum atomic E-state index is 12.9. The van der Waals surface area contributed by atoms with Crippen LogP contribution in [0.2, 0.25) is 0 Å². The normalized spacial score (nSPS) is 18.0. The van der Waals surface area contributed by atoms with Crippen molar-refractivity contribution in [2.45, 2.75) is 44.4 Å². The summed E-state index contributed by atoms with van der Waals surface area (Å²) in [5, 5.41) is 2.79. The predicted octanol–water partition coefficient (Wildman–Crippen LogP) is 4.84. The van der Waals surface area contributed by atoms with Crippen LogP contribution in [0.5, 0.6) is 11.5 Å². The lowest BCUT2D eigenvalue weighted by atomic mass is 9.73. The Kier molecular flexibility index (Phi) is 6.40. The fourth-order valence-corrected chi connectivity index (χ4v) is 4.96. The van der Waals surface area contributed by atoms with Crippen molar-refractivity contribution in [3.05, 3.63) is 76.8 Å². The summed E-state index contributed by atoms with van der Waals surface area (Å²) in [4.78, 5) is 38.3. The van der Waals surface area contributed by atoms with E-state index in [2.05, 4.69) is 5.32 Å². The zero-order chi connectivity index (χ0) is 24.4. The van der Waals surface area contributed by atoms with E-state index in [-0.39, 0.29) is 24.1 Å². The van der Waals surface area contributed by atoms with Gasteiger partial charge in [-0.05, 0) is 54.8 Å². The van der Waals surface area contributed by atoms with Crippen molar-refractivity contribution < 1.29 is 28.6 Å². The number of benzene rings is 2. The van der Waals surface area contributed by atoms with E-state index in [1.807, 2.05) is 18.2 Å². The van der Waals surface area contributed by atoms with Gasteiger partial charge in [0, 0.05) is 48.4 Å². The average molecular weight is 474 g/mol. The Labute approximate surface area is 203 Å². The second-order valence-corrected chi connectivity index (χ2v) is 8.90. The number of carbonyl (C=O) groups is 3. The first-order chi connectivity index (χ1) is 17.0. The quantitative estimate of drug-likeness (QED) is 0.646. The van der Waals surface area contributed by atoms with Gasteiger partial charge in [-0.15, -0.1) is 0 Å². The van der Waals surface area contributed by atoms with Gasteiger partial charge in [0.2, 0.25) is 0 Å². The maximum Gasteiger partial charge on any atom is 0.262 e. The fraction of sp³-hybridized carbons (Fsp3) is 0.321. The van der Waals surface area contributed by atoms with Crippen molar-refractivity contribution in [3.63, 3.8) is 0 Å². The number of Topliss-reactive ketones (excluding diaryl/α,β-unsaturated/α-hetero) is 2. The first kappa shape index (κ1) is 22.9. The number of anilines is 1. The molecule has 2 aromatic carbocycles. The number of ketones is 2. The van der Waals surface area contributed by atoms with Crippen LogP contribution in [0.25, 0.3) is 0 Å². The molecule has 2 aliphatic carbocycles. The zero-order valence-corrected chi connectivity index (χ0v) is 19.6. The summed E-state index contributed by atoms with van der Waals surface area (Å²) in [6, 6.07) is 14.3. The molecule has 0 fully saturated rings. The highest BCUT2D eigenvalue weighted by molar-refractivity contribution is 6.05. The molecule has 7 nitrogen and oxygen atoms in total. The number of hydrogen-bond donors (Lipinski definition) is 1. The van der Waals surface area contributed by atoms with Gasteiger partial charge < -0.3 is 19.5 Å². The standard InChI is InChI=1S/C28H27NO6/c1-33-19-13-11-18(12-14-19)29-25(32)16-34-20-6-2-5-17(15-20)26-27-21(30)7-3-9-23(27)35-24-10-4-8-22(31)28(24)26/h2,5-6,11-15,26H,3-4,7-10,16H2,1H3,(H,29,32). The van der Waals surface area contributed by atoms with Crippen molar-refractivity contribution in [2.75, 3.05) is 19.0 Å². The Morgan fingerprint density at radius 3 is 2.20 bits per heavy atom. The molecule has 5 rings (SSSR count). The van der Waals surface area contributed by atoms with Gasteiger partial charge in [-0.25, -0.2) is 0 Å². The van der Waals surface area contributed by atoms with E-state index >= 15 is 0 Å². The third-order valence-corrected chi connectivity index (χ3v) is 6.58. The van der Waals surface area contributed by atoms with Crippen molar-refractivity contribution >= 4 is 23.2 Å². The van der Waals surface area contributed by atoms with Crippen LogP contribution in [0.15, 0.2) is 71.2 Å². The third kappa shape index (κ3) is 4.71. The number of allylic oxidation sites excluding steroid dienone is 4. The number of carbonyl (C=O) groups excluding carboxylic acids is 3. The molecule has 0 unspecified atom stereocenters. The third-order valence-electron chi connectivity index (χ3n) is 6.58. The van der Waals surface area contributed by atoms with Gasteiger partial charge in [-0.2, -0.15) is 0 Å². The summed E-state index contributed by atoms with van der Waals surface area (Å²) >= 11 is 0. The van der Waals surface area contributed by atoms with Gasteiger partial charge in [0.25, 0.3) is 5.91 Å². The molecule has 7 heteroatoms. The molecule has 35 heavy (non-hydrogen) atoms. The van der Waals surface area contributed by atoms with Crippen LogP contribution in [-0.2, 0) is 19.1 Å². The van der Waals surface area contributed by atoms with E-state index in [9.17, 15) is 14.4 Å². The number of nitrogens with one attached hydrogen (secondary N) is 1. The van der Waals surface area contributed by atoms with Crippen LogP contribution in [-0.4, -0.2) is 31.2 Å². The molecule has 0 bridgehead atoms. The van der Waals surface area contributed by atoms with Gasteiger partial charge >= 0.3 is 0 Å². The minimum Gasteiger partial charge on any atom is -0.497 e. The van der Waals surface area contributed by atoms with Crippen LogP contribution in [0.4, 0.5) is 5.69 Å². The molecule has 1 N–H and O–H groups in total. The molecule has 1 aliphatic heterocycles. The highest BCUT2D eigenvalue weighted by atomic mass is 16.5. The van der Waals surface area contributed by atoms with Crippen LogP contribution >= 0.6 is 0 Å². The largest absolute Gasteiger partial charge is 0.497 e. The molecule has 0 radical (unpaired) electrons. The lowest BCUT2D eigenvalue weighted by Gasteiger charge is -2.36. The lowest BCUT2D eigenvalue weighted by molar-refractivity contribution is -0.119. The van der Waals surface area contributed by atoms with Crippen molar-refractivity contribution in [3.8, 4) is 11.5 Å². The van der Waals surface area contributed by atoms with Crippen LogP contribution < -0.4 is 14.8 Å². The van der Waals surface area contributed by atoms with Crippen LogP contribution in [0.3, 0.4) is 0 Å². The Bertz CT molecular complexity index is 1200. The van der Waals surface area contributed by atoms with Gasteiger partial charge in [0.15, 0.2) is 18.2 Å². The predicted molar refractivity (Wildman–Crippen MR) is 129 cm³/mol. The molecule has 0 saturated heterocycles. The van der Waals surface area contributed by atoms with Gasteiger partial charge in [0.1, 0.15) is 23.0 Å². The molecule has 3 aliphatic rings. The fourth-order valence-electron chi connectivity index (χ4n) is 4.96. The molecule has 0 atom stereocenters. The first-order valence-corrected chi connectivity index (χ1v) is 11.9. The van der Waals surface area contributed by atoms with Gasteiger partial charge in [-0.3, -0.25) is 14.4 Å². The molecule has 0 saturated carbocycles. The molecule has 0 spiro atoms. The average Bonchev–Trinajstić information content (AvgIpc) is 2.87. The number of amides is 1. The van der Waals surface area contributed by atoms with E-state index in [1.165, 1.54) is 0 Å². The number of hydrogen-bond acceptors (Lipinski definition) is 6. The molecule has 2 aromatic rings. The SMILES string of the molecule is COc1ccc(NC(=O)COc2cccc(C3C4=C(CCCC4=O)OC4=C3C(=O)CCC4)c2)cc1. The van der Waals surface area contributed by atoms with Gasteiger partial charge in [0.05, 0.1) is 7.11 Å². The Morgan fingerprint density at radius 1 is 0.914 bits per heavy atom. The summed E-state index contributed by atoms with van der Waals surface area (Å²) < 4.78 is 17.0. The highest BCUT2D eigenvalue weighted by Gasteiger charge is 2.41. The summed E-state index contributed by atoms with van der Waals surface area (Å²) in [6.45, 7) is -0.178. The molecule has 1 amide bonds. The van der Waals surface area contributed by atoms with E-state index in [0.717, 1.165) is 18.4 Å². The van der Waals surface area contributed by atoms with Crippen LogP contribution in [0.1, 0.15) is 50.0 Å². The van der Waals surface area contributed by atoms with E-state index in [1.54, 1.807) is 37.4 Å². The highest BCUT2D eigenvalue weighted by Crippen LogP contribution is 2.48. The van der Waals surface area contributed by atoms with E-state index in [4.69, 9.17) is 14.2 Å². The van der Waals surface area contributed by atoms with Crippen molar-refractivity contribution in [2.24, 2.45) is 0 Å². The molecule has 1 heterocycles. The maximum absolute atomic E-state index is 12.9. The van der Waals surface area contributed by atoms with Gasteiger partial charge in [-0.1, -0.05) is 12.1 Å². The van der Waals surface area contributed by atoms with E-state index < -0.39 is 5.92 Å². The Balaban J connectivity index is 1.36. The smallest absolute Gasteiger partial charge is 0.262 e. The molecule has 180 valence electrons. The van der Waals surface area contributed by atoms with E-state index in [0.29, 0.717) is 65.5 Å². The molecular formula is C28H27NO6. The Morgan fingerprint density at radius 2 is 1.57 bits per heavy atom. The second-order valence-electron chi connectivity index (χ2n) is 8.90. The Hall–Kier alpha value is -3.87. The summed E-state index contributed by atoms with van der Waals surface area (Å²) in [7, 11) is 1.58. The molecular weight excluding hydrogens is 446 g/mol. The number of methoxy groups -OCH3 is 1. The van der Waals surface area contributed by atoms with Crippen molar-refractivity contribution in [1.82, 2.24) is 0 Å². The monoisotopic (exact) mass is 473 g/mol. The first-order valence-electron chi connectivity index (χ1n) is 11.9. The van der Waals surface area contributed by atoms with Crippen LogP contribution in [0, 0.1) is 0 Å². The number of rotatable bonds is 6. The summed E-state index contributed by atoms with van der Waals surface area (Å²) in [5.41, 5.74) is 2.63. The minimum atomic E-state index is -0.453. The molecule has 0 aromatic heterocycles. The summed E-state index contributed by atoms with van der Waals surface area (Å²) in [6.07, 6.45) is 3.82.